The molecule has 0 aromatic heterocycles. The maximum atomic E-state index is 13.0. The van der Waals surface area contributed by atoms with Crippen LogP contribution in [0.2, 0.25) is 0 Å². The smallest absolute Gasteiger partial charge is 0.251 e. The Morgan fingerprint density at radius 1 is 1.26 bits per heavy atom. The van der Waals surface area contributed by atoms with Crippen LogP contribution in [0, 0.1) is 12.7 Å². The van der Waals surface area contributed by atoms with E-state index in [4.69, 9.17) is 0 Å². The van der Waals surface area contributed by atoms with Crippen LogP contribution in [0.15, 0.2) is 46.9 Å². The van der Waals surface area contributed by atoms with Gasteiger partial charge in [0.25, 0.3) is 5.91 Å². The van der Waals surface area contributed by atoms with Gasteiger partial charge in [-0.3, -0.25) is 4.79 Å². The van der Waals surface area contributed by atoms with E-state index in [0.29, 0.717) is 12.1 Å². The third-order valence-electron chi connectivity index (χ3n) is 2.76. The van der Waals surface area contributed by atoms with Gasteiger partial charge in [-0.1, -0.05) is 28.1 Å². The number of hydrogen-bond donors (Lipinski definition) is 1. The molecule has 0 aliphatic heterocycles. The second kappa shape index (κ2) is 5.97. The van der Waals surface area contributed by atoms with E-state index in [0.717, 1.165) is 15.6 Å². The van der Waals surface area contributed by atoms with Gasteiger partial charge in [0.2, 0.25) is 0 Å². The molecule has 2 aromatic carbocycles. The fourth-order valence-electron chi connectivity index (χ4n) is 1.72. The van der Waals surface area contributed by atoms with E-state index in [9.17, 15) is 9.18 Å². The lowest BCUT2D eigenvalue weighted by molar-refractivity contribution is 0.0950. The van der Waals surface area contributed by atoms with Crippen LogP contribution < -0.4 is 5.32 Å². The SMILES string of the molecule is Cc1cc(C(=O)NCc2cccc(F)c2)ccc1Br. The third-order valence-corrected chi connectivity index (χ3v) is 3.65. The van der Waals surface area contributed by atoms with E-state index >= 15 is 0 Å². The number of benzene rings is 2. The average Bonchev–Trinajstić information content (AvgIpc) is 2.39. The molecule has 4 heteroatoms. The summed E-state index contributed by atoms with van der Waals surface area (Å²) >= 11 is 3.39. The number of amides is 1. The molecule has 0 saturated carbocycles. The van der Waals surface area contributed by atoms with Crippen molar-refractivity contribution >= 4 is 21.8 Å². The number of carbonyl (C=O) groups excluding carboxylic acids is 1. The topological polar surface area (TPSA) is 29.1 Å². The lowest BCUT2D eigenvalue weighted by Gasteiger charge is -2.07. The molecule has 2 aromatic rings. The van der Waals surface area contributed by atoms with Crippen molar-refractivity contribution in [1.82, 2.24) is 5.32 Å². The Kier molecular flexibility index (Phi) is 4.32. The molecule has 2 rings (SSSR count). The van der Waals surface area contributed by atoms with Gasteiger partial charge < -0.3 is 5.32 Å². The quantitative estimate of drug-likeness (QED) is 0.914. The predicted molar refractivity (Wildman–Crippen MR) is 76.4 cm³/mol. The van der Waals surface area contributed by atoms with Crippen LogP contribution in [-0.4, -0.2) is 5.91 Å². The molecule has 0 heterocycles. The second-order valence-corrected chi connectivity index (χ2v) is 5.13. The molecular weight excluding hydrogens is 309 g/mol. The largest absolute Gasteiger partial charge is 0.348 e. The van der Waals surface area contributed by atoms with E-state index < -0.39 is 0 Å². The maximum absolute atomic E-state index is 13.0. The van der Waals surface area contributed by atoms with Crippen molar-refractivity contribution in [3.63, 3.8) is 0 Å². The maximum Gasteiger partial charge on any atom is 0.251 e. The van der Waals surface area contributed by atoms with Gasteiger partial charge in [0.05, 0.1) is 0 Å². The fourth-order valence-corrected chi connectivity index (χ4v) is 1.96. The highest BCUT2D eigenvalue weighted by Gasteiger charge is 2.06. The van der Waals surface area contributed by atoms with E-state index in [1.165, 1.54) is 12.1 Å². The summed E-state index contributed by atoms with van der Waals surface area (Å²) < 4.78 is 14.0. The van der Waals surface area contributed by atoms with Crippen LogP contribution >= 0.6 is 15.9 Å². The average molecular weight is 322 g/mol. The minimum absolute atomic E-state index is 0.167. The summed E-state index contributed by atoms with van der Waals surface area (Å²) in [6, 6.07) is 11.6. The van der Waals surface area contributed by atoms with Gasteiger partial charge in [0, 0.05) is 16.6 Å². The Labute approximate surface area is 119 Å². The van der Waals surface area contributed by atoms with E-state index in [-0.39, 0.29) is 11.7 Å². The first-order chi connectivity index (χ1) is 9.06. The second-order valence-electron chi connectivity index (χ2n) is 4.28. The van der Waals surface area contributed by atoms with Gasteiger partial charge in [0.1, 0.15) is 5.82 Å². The van der Waals surface area contributed by atoms with Crippen molar-refractivity contribution in [3.8, 4) is 0 Å². The molecule has 0 fully saturated rings. The minimum atomic E-state index is -0.300. The lowest BCUT2D eigenvalue weighted by atomic mass is 10.1. The minimum Gasteiger partial charge on any atom is -0.348 e. The highest BCUT2D eigenvalue weighted by atomic mass is 79.9. The number of halogens is 2. The summed E-state index contributed by atoms with van der Waals surface area (Å²) in [4.78, 5) is 11.9. The highest BCUT2D eigenvalue weighted by Crippen LogP contribution is 2.17. The Morgan fingerprint density at radius 2 is 2.05 bits per heavy atom. The van der Waals surface area contributed by atoms with Crippen LogP contribution in [0.25, 0.3) is 0 Å². The van der Waals surface area contributed by atoms with Crippen LogP contribution in [0.1, 0.15) is 21.5 Å². The number of rotatable bonds is 3. The molecule has 0 unspecified atom stereocenters. The molecule has 98 valence electrons. The molecule has 0 atom stereocenters. The zero-order valence-electron chi connectivity index (χ0n) is 10.4. The first-order valence-electron chi connectivity index (χ1n) is 5.85. The summed E-state index contributed by atoms with van der Waals surface area (Å²) in [5, 5.41) is 2.77. The van der Waals surface area contributed by atoms with Crippen LogP contribution in [-0.2, 0) is 6.54 Å². The third kappa shape index (κ3) is 3.64. The van der Waals surface area contributed by atoms with Gasteiger partial charge in [0.15, 0.2) is 0 Å². The van der Waals surface area contributed by atoms with Crippen molar-refractivity contribution in [1.29, 1.82) is 0 Å². The molecule has 0 aliphatic rings. The first kappa shape index (κ1) is 13.7. The molecule has 0 spiro atoms. The summed E-state index contributed by atoms with van der Waals surface area (Å²) in [6.45, 7) is 2.24. The molecular formula is C15H13BrFNO. The standard InChI is InChI=1S/C15H13BrFNO/c1-10-7-12(5-6-14(10)16)15(19)18-9-11-3-2-4-13(17)8-11/h2-8H,9H2,1H3,(H,18,19). The first-order valence-corrected chi connectivity index (χ1v) is 6.64. The summed E-state index contributed by atoms with van der Waals surface area (Å²) in [5.41, 5.74) is 2.33. The monoisotopic (exact) mass is 321 g/mol. The van der Waals surface area contributed by atoms with E-state index in [1.54, 1.807) is 18.2 Å². The number of aryl methyl sites for hydroxylation is 1. The van der Waals surface area contributed by atoms with Gasteiger partial charge in [-0.25, -0.2) is 4.39 Å². The summed E-state index contributed by atoms with van der Waals surface area (Å²) in [7, 11) is 0. The zero-order chi connectivity index (χ0) is 13.8. The van der Waals surface area contributed by atoms with E-state index in [1.807, 2.05) is 19.1 Å². The summed E-state index contributed by atoms with van der Waals surface area (Å²) in [6.07, 6.45) is 0. The Morgan fingerprint density at radius 3 is 2.74 bits per heavy atom. The van der Waals surface area contributed by atoms with Crippen molar-refractivity contribution in [3.05, 3.63) is 69.4 Å². The zero-order valence-corrected chi connectivity index (χ0v) is 12.0. The van der Waals surface area contributed by atoms with Crippen molar-refractivity contribution in [2.24, 2.45) is 0 Å². The van der Waals surface area contributed by atoms with Crippen LogP contribution in [0.5, 0.6) is 0 Å². The molecule has 1 N–H and O–H groups in total. The van der Waals surface area contributed by atoms with Crippen molar-refractivity contribution in [2.45, 2.75) is 13.5 Å². The molecule has 19 heavy (non-hydrogen) atoms. The molecule has 2 nitrogen and oxygen atoms in total. The molecule has 0 saturated heterocycles. The summed E-state index contributed by atoms with van der Waals surface area (Å²) in [5.74, 6) is -0.467. The molecule has 0 aliphatic carbocycles. The van der Waals surface area contributed by atoms with Gasteiger partial charge in [-0.05, 0) is 48.4 Å². The number of carbonyl (C=O) groups is 1. The molecule has 0 bridgehead atoms. The normalized spacial score (nSPS) is 10.3. The fraction of sp³-hybridized carbons (Fsp3) is 0.133. The van der Waals surface area contributed by atoms with Crippen LogP contribution in [0.4, 0.5) is 4.39 Å². The Hall–Kier alpha value is -1.68. The highest BCUT2D eigenvalue weighted by molar-refractivity contribution is 9.10. The van der Waals surface area contributed by atoms with Crippen molar-refractivity contribution < 1.29 is 9.18 Å². The van der Waals surface area contributed by atoms with Crippen molar-refractivity contribution in [2.75, 3.05) is 0 Å². The molecule has 0 radical (unpaired) electrons. The number of hydrogen-bond acceptors (Lipinski definition) is 1. The molecule has 1 amide bonds. The lowest BCUT2D eigenvalue weighted by Crippen LogP contribution is -2.22. The van der Waals surface area contributed by atoms with Gasteiger partial charge in [-0.2, -0.15) is 0 Å². The van der Waals surface area contributed by atoms with Crippen LogP contribution in [0.3, 0.4) is 0 Å². The predicted octanol–water partition coefficient (Wildman–Crippen LogP) is 3.83. The van der Waals surface area contributed by atoms with E-state index in [2.05, 4.69) is 21.2 Å². The Balaban J connectivity index is 2.03. The Bertz CT molecular complexity index is 613. The van der Waals surface area contributed by atoms with Gasteiger partial charge >= 0.3 is 0 Å². The van der Waals surface area contributed by atoms with Gasteiger partial charge in [-0.15, -0.1) is 0 Å². The number of nitrogens with one attached hydrogen (secondary N) is 1.